The summed E-state index contributed by atoms with van der Waals surface area (Å²) in [5.41, 5.74) is 0. The predicted octanol–water partition coefficient (Wildman–Crippen LogP) is 1.19. The van der Waals surface area contributed by atoms with Crippen molar-refractivity contribution in [3.63, 3.8) is 0 Å². The van der Waals surface area contributed by atoms with E-state index >= 15 is 0 Å². The van der Waals surface area contributed by atoms with Gasteiger partial charge in [0.1, 0.15) is 11.6 Å². The van der Waals surface area contributed by atoms with Crippen molar-refractivity contribution < 1.29 is 46.9 Å². The van der Waals surface area contributed by atoms with Crippen molar-refractivity contribution >= 4 is 11.6 Å². The minimum absolute atomic E-state index is 0. The molecule has 0 saturated carbocycles. The van der Waals surface area contributed by atoms with Crippen molar-refractivity contribution in [2.24, 2.45) is 0 Å². The quantitative estimate of drug-likeness (QED) is 0.669. The van der Waals surface area contributed by atoms with Crippen molar-refractivity contribution in [1.29, 1.82) is 0 Å². The van der Waals surface area contributed by atoms with E-state index in [1.807, 2.05) is 0 Å². The van der Waals surface area contributed by atoms with Gasteiger partial charge in [0.25, 0.3) is 0 Å². The molecule has 0 fully saturated rings. The first-order chi connectivity index (χ1) is 3.46. The van der Waals surface area contributed by atoms with Crippen molar-refractivity contribution in [1.82, 2.24) is 0 Å². The van der Waals surface area contributed by atoms with Gasteiger partial charge in [-0.1, -0.05) is 0 Å². The third-order valence-electron chi connectivity index (χ3n) is 0. The molecule has 0 N–H and O–H groups in total. The normalized spacial score (nSPS) is 5.78. The zero-order valence-electron chi connectivity index (χ0n) is 6.11. The van der Waals surface area contributed by atoms with Crippen LogP contribution in [0.15, 0.2) is 0 Å². The number of Topliss-reactive ketones (excluding diaryl/α,β-unsaturated/α-hetero) is 2. The van der Waals surface area contributed by atoms with Crippen LogP contribution < -0.4 is 0 Å². The summed E-state index contributed by atoms with van der Waals surface area (Å²) in [6, 6.07) is 0. The molecule has 9 heavy (non-hydrogen) atoms. The molecular weight excluding hydrogens is 271 g/mol. The zero-order chi connectivity index (χ0) is 7.15. The van der Waals surface area contributed by atoms with Crippen LogP contribution in [0.2, 0.25) is 0 Å². The van der Waals surface area contributed by atoms with Gasteiger partial charge in [0, 0.05) is 37.3 Å². The monoisotopic (exact) mass is 282 g/mol. The fraction of sp³-hybridized carbons (Fsp3) is 0.667. The second kappa shape index (κ2) is 11.4. The van der Waals surface area contributed by atoms with Gasteiger partial charge in [0.05, 0.1) is 0 Å². The summed E-state index contributed by atoms with van der Waals surface area (Å²) in [6.07, 6.45) is 0. The first kappa shape index (κ1) is 16.3. The van der Waals surface area contributed by atoms with E-state index in [1.54, 1.807) is 0 Å². The van der Waals surface area contributed by atoms with Gasteiger partial charge in [-0.05, 0) is 27.7 Å². The number of rotatable bonds is 0. The van der Waals surface area contributed by atoms with Crippen LogP contribution in [0.4, 0.5) is 0 Å². The van der Waals surface area contributed by atoms with Crippen LogP contribution in [-0.4, -0.2) is 11.6 Å². The van der Waals surface area contributed by atoms with Crippen LogP contribution in [0.5, 0.6) is 0 Å². The van der Waals surface area contributed by atoms with Gasteiger partial charge < -0.3 is 9.59 Å². The van der Waals surface area contributed by atoms with Crippen molar-refractivity contribution in [3.8, 4) is 0 Å². The minimum Gasteiger partial charge on any atom is -0.300 e. The van der Waals surface area contributed by atoms with Gasteiger partial charge >= 0.3 is 0 Å². The molecular formula is C6H12ErO2. The molecule has 0 atom stereocenters. The van der Waals surface area contributed by atoms with Crippen molar-refractivity contribution in [3.05, 3.63) is 0 Å². The standard InChI is InChI=1S/2C3H6O.Er/c2*1-3(2)4;/h2*1-2H3;. The summed E-state index contributed by atoms with van der Waals surface area (Å²) in [7, 11) is 0. The van der Waals surface area contributed by atoms with Gasteiger partial charge in [-0.15, -0.1) is 0 Å². The second-order valence-electron chi connectivity index (χ2n) is 1.82. The number of hydrogen-bond donors (Lipinski definition) is 0. The largest absolute Gasteiger partial charge is 0.300 e. The first-order valence-electron chi connectivity index (χ1n) is 2.41. The summed E-state index contributed by atoms with van der Waals surface area (Å²) in [5.74, 6) is 0.333. The Morgan fingerprint density at radius 3 is 0.778 bits per heavy atom. The molecule has 60 valence electrons. The molecule has 0 aliphatic rings. The Morgan fingerprint density at radius 2 is 0.778 bits per heavy atom. The summed E-state index contributed by atoms with van der Waals surface area (Å²) >= 11 is 0. The molecule has 0 rings (SSSR count). The van der Waals surface area contributed by atoms with Crippen LogP contribution in [0.1, 0.15) is 27.7 Å². The number of ketones is 2. The van der Waals surface area contributed by atoms with Gasteiger partial charge in [0.15, 0.2) is 0 Å². The van der Waals surface area contributed by atoms with Crippen LogP contribution in [0.25, 0.3) is 0 Å². The Hall–Kier alpha value is 0.587. The molecule has 0 amide bonds. The maximum atomic E-state index is 9.44. The average Bonchev–Trinajstić information content (AvgIpc) is 1.25. The molecule has 0 radical (unpaired) electrons. The molecule has 0 heterocycles. The second-order valence-corrected chi connectivity index (χ2v) is 1.82. The maximum absolute atomic E-state index is 9.44. The van der Waals surface area contributed by atoms with Crippen LogP contribution in [0, 0.1) is 37.3 Å². The average molecular weight is 283 g/mol. The Balaban J connectivity index is -0.0000000720. The van der Waals surface area contributed by atoms with E-state index < -0.39 is 0 Å². The molecule has 0 aromatic rings. The van der Waals surface area contributed by atoms with E-state index in [-0.39, 0.29) is 48.9 Å². The topological polar surface area (TPSA) is 34.1 Å². The molecule has 0 unspecified atom stereocenters. The zero-order valence-corrected chi connectivity index (χ0v) is 7.96. The Labute approximate surface area is 85.6 Å². The Bertz CT molecular complexity index is 69.1. The Kier molecular flexibility index (Phi) is 20.6. The number of hydrogen-bond acceptors (Lipinski definition) is 2. The van der Waals surface area contributed by atoms with E-state index in [1.165, 1.54) is 27.7 Å². The molecule has 0 aliphatic heterocycles. The van der Waals surface area contributed by atoms with Gasteiger partial charge in [-0.2, -0.15) is 0 Å². The molecule has 0 aliphatic carbocycles. The van der Waals surface area contributed by atoms with Gasteiger partial charge in [-0.25, -0.2) is 0 Å². The molecule has 3 heteroatoms. The molecule has 0 spiro atoms. The number of carbonyl (C=O) groups excluding carboxylic acids is 2. The predicted molar refractivity (Wildman–Crippen MR) is 32.7 cm³/mol. The molecule has 0 aromatic carbocycles. The third kappa shape index (κ3) is 1080. The molecule has 0 bridgehead atoms. The van der Waals surface area contributed by atoms with Crippen LogP contribution in [-0.2, 0) is 9.59 Å². The van der Waals surface area contributed by atoms with E-state index in [4.69, 9.17) is 0 Å². The number of carbonyl (C=O) groups is 2. The first-order valence-corrected chi connectivity index (χ1v) is 2.41. The van der Waals surface area contributed by atoms with Crippen molar-refractivity contribution in [2.75, 3.05) is 0 Å². The van der Waals surface area contributed by atoms with E-state index in [9.17, 15) is 9.59 Å². The summed E-state index contributed by atoms with van der Waals surface area (Å²) in [6.45, 7) is 6.11. The molecule has 0 aromatic heterocycles. The maximum Gasteiger partial charge on any atom is 0.126 e. The van der Waals surface area contributed by atoms with E-state index in [0.717, 1.165) is 0 Å². The minimum atomic E-state index is 0. The van der Waals surface area contributed by atoms with E-state index in [2.05, 4.69) is 0 Å². The fourth-order valence-electron chi connectivity index (χ4n) is 0. The van der Waals surface area contributed by atoms with E-state index in [0.29, 0.717) is 0 Å². The van der Waals surface area contributed by atoms with Crippen LogP contribution in [0.3, 0.4) is 0 Å². The van der Waals surface area contributed by atoms with Gasteiger partial charge in [0.2, 0.25) is 0 Å². The summed E-state index contributed by atoms with van der Waals surface area (Å²) < 4.78 is 0. The van der Waals surface area contributed by atoms with Gasteiger partial charge in [-0.3, -0.25) is 0 Å². The molecule has 2 nitrogen and oxygen atoms in total. The SMILES string of the molecule is CC(C)=O.CC(C)=O.[Er]. The third-order valence-corrected chi connectivity index (χ3v) is 0. The Morgan fingerprint density at radius 1 is 0.778 bits per heavy atom. The summed E-state index contributed by atoms with van der Waals surface area (Å²) in [4.78, 5) is 18.9. The summed E-state index contributed by atoms with van der Waals surface area (Å²) in [5, 5.41) is 0. The molecule has 0 saturated heterocycles. The fourth-order valence-corrected chi connectivity index (χ4v) is 0. The smallest absolute Gasteiger partial charge is 0.126 e. The van der Waals surface area contributed by atoms with Crippen LogP contribution >= 0.6 is 0 Å². The van der Waals surface area contributed by atoms with Crippen molar-refractivity contribution in [2.45, 2.75) is 27.7 Å².